The van der Waals surface area contributed by atoms with Gasteiger partial charge in [0, 0.05) is 47.6 Å². The van der Waals surface area contributed by atoms with E-state index in [9.17, 15) is 4.79 Å². The SMILES string of the molecule is CCn1cc([C@H]2OCCC[C@@H]2NC(=O)c2ccc3[nH]ccc3c2)cn1. The average Bonchev–Trinajstić information content (AvgIpc) is 3.30. The molecular formula is C19H22N4O2. The standard InChI is InChI=1S/C19H22N4O2/c1-2-23-12-15(11-21-23)18-17(4-3-9-25-18)22-19(24)14-5-6-16-13(10-14)7-8-20-16/h5-8,10-12,17-18,20H,2-4,9H2,1H3,(H,22,24)/t17-,18+/m0/s1. The molecule has 1 amide bonds. The van der Waals surface area contributed by atoms with E-state index >= 15 is 0 Å². The van der Waals surface area contributed by atoms with Crippen LogP contribution in [0.4, 0.5) is 0 Å². The van der Waals surface area contributed by atoms with Crippen molar-refractivity contribution in [2.75, 3.05) is 6.61 Å². The fourth-order valence-electron chi connectivity index (χ4n) is 3.40. The molecule has 1 saturated heterocycles. The Bertz CT molecular complexity index is 882. The minimum Gasteiger partial charge on any atom is -0.371 e. The summed E-state index contributed by atoms with van der Waals surface area (Å²) in [6, 6.07) is 7.62. The van der Waals surface area contributed by atoms with Crippen LogP contribution in [0.15, 0.2) is 42.9 Å². The van der Waals surface area contributed by atoms with E-state index in [0.29, 0.717) is 12.2 Å². The third-order valence-corrected chi connectivity index (χ3v) is 4.76. The molecule has 1 aliphatic rings. The van der Waals surface area contributed by atoms with Gasteiger partial charge in [0.1, 0.15) is 6.10 Å². The second-order valence-corrected chi connectivity index (χ2v) is 6.42. The summed E-state index contributed by atoms with van der Waals surface area (Å²) in [6.45, 7) is 3.58. The Morgan fingerprint density at radius 2 is 2.36 bits per heavy atom. The number of hydrogen-bond donors (Lipinski definition) is 2. The molecule has 0 unspecified atom stereocenters. The first-order valence-electron chi connectivity index (χ1n) is 8.76. The maximum Gasteiger partial charge on any atom is 0.251 e. The smallest absolute Gasteiger partial charge is 0.251 e. The summed E-state index contributed by atoms with van der Waals surface area (Å²) in [5.41, 5.74) is 2.72. The molecule has 0 radical (unpaired) electrons. The van der Waals surface area contributed by atoms with Crippen LogP contribution in [0.25, 0.3) is 10.9 Å². The molecule has 130 valence electrons. The molecule has 3 aromatic rings. The second kappa shape index (κ2) is 6.72. The molecule has 4 rings (SSSR count). The molecule has 1 aromatic carbocycles. The van der Waals surface area contributed by atoms with Gasteiger partial charge in [0.15, 0.2) is 0 Å². The number of aromatic amines is 1. The number of carbonyl (C=O) groups is 1. The lowest BCUT2D eigenvalue weighted by Gasteiger charge is -2.31. The highest BCUT2D eigenvalue weighted by molar-refractivity contribution is 5.98. The number of hydrogen-bond acceptors (Lipinski definition) is 3. The van der Waals surface area contributed by atoms with Gasteiger partial charge in [0.25, 0.3) is 5.91 Å². The predicted octanol–water partition coefficient (Wildman–Crippen LogP) is 3.03. The normalized spacial score (nSPS) is 20.7. The average molecular weight is 338 g/mol. The lowest BCUT2D eigenvalue weighted by atomic mass is 9.97. The molecule has 0 bridgehead atoms. The Kier molecular flexibility index (Phi) is 4.28. The molecule has 1 fully saturated rings. The van der Waals surface area contributed by atoms with Crippen LogP contribution in [-0.4, -0.2) is 33.3 Å². The molecule has 1 aliphatic heterocycles. The van der Waals surface area contributed by atoms with Gasteiger partial charge in [-0.2, -0.15) is 5.10 Å². The Morgan fingerprint density at radius 1 is 1.44 bits per heavy atom. The monoisotopic (exact) mass is 338 g/mol. The summed E-state index contributed by atoms with van der Waals surface area (Å²) in [5.74, 6) is -0.0634. The quantitative estimate of drug-likeness (QED) is 0.768. The van der Waals surface area contributed by atoms with Crippen LogP contribution in [0, 0.1) is 0 Å². The van der Waals surface area contributed by atoms with Crippen molar-refractivity contribution in [1.29, 1.82) is 0 Å². The van der Waals surface area contributed by atoms with Gasteiger partial charge in [0.05, 0.1) is 12.2 Å². The van der Waals surface area contributed by atoms with Gasteiger partial charge in [-0.05, 0) is 44.0 Å². The summed E-state index contributed by atoms with van der Waals surface area (Å²) in [6.07, 6.45) is 7.42. The Labute approximate surface area is 146 Å². The van der Waals surface area contributed by atoms with E-state index in [-0.39, 0.29) is 18.1 Å². The van der Waals surface area contributed by atoms with Crippen LogP contribution in [0.1, 0.15) is 41.8 Å². The number of aryl methyl sites for hydroxylation is 1. The highest BCUT2D eigenvalue weighted by atomic mass is 16.5. The molecule has 25 heavy (non-hydrogen) atoms. The van der Waals surface area contributed by atoms with Crippen molar-refractivity contribution in [2.24, 2.45) is 0 Å². The maximum atomic E-state index is 12.7. The van der Waals surface area contributed by atoms with E-state index in [0.717, 1.165) is 35.9 Å². The minimum absolute atomic E-state index is 0.0438. The maximum absolute atomic E-state index is 12.7. The fraction of sp³-hybridized carbons (Fsp3) is 0.368. The number of aromatic nitrogens is 3. The van der Waals surface area contributed by atoms with Gasteiger partial charge < -0.3 is 15.0 Å². The van der Waals surface area contributed by atoms with E-state index in [2.05, 4.69) is 22.3 Å². The second-order valence-electron chi connectivity index (χ2n) is 6.42. The van der Waals surface area contributed by atoms with Crippen LogP contribution >= 0.6 is 0 Å². The molecule has 6 heteroatoms. The van der Waals surface area contributed by atoms with Crippen LogP contribution in [-0.2, 0) is 11.3 Å². The van der Waals surface area contributed by atoms with E-state index in [1.165, 1.54) is 0 Å². The number of benzene rings is 1. The third-order valence-electron chi connectivity index (χ3n) is 4.76. The Hall–Kier alpha value is -2.60. The topological polar surface area (TPSA) is 71.9 Å². The first kappa shape index (κ1) is 15.9. The third kappa shape index (κ3) is 3.17. The first-order valence-corrected chi connectivity index (χ1v) is 8.76. The van der Waals surface area contributed by atoms with Crippen LogP contribution < -0.4 is 5.32 Å². The van der Waals surface area contributed by atoms with E-state index in [4.69, 9.17) is 4.74 Å². The Balaban J connectivity index is 1.53. The molecule has 2 N–H and O–H groups in total. The van der Waals surface area contributed by atoms with Crippen LogP contribution in [0.2, 0.25) is 0 Å². The molecule has 0 saturated carbocycles. The van der Waals surface area contributed by atoms with Crippen molar-refractivity contribution in [2.45, 2.75) is 38.5 Å². The van der Waals surface area contributed by atoms with E-state index in [1.54, 1.807) is 0 Å². The van der Waals surface area contributed by atoms with Gasteiger partial charge in [0.2, 0.25) is 0 Å². The fourth-order valence-corrected chi connectivity index (χ4v) is 3.40. The summed E-state index contributed by atoms with van der Waals surface area (Å²) < 4.78 is 7.84. The van der Waals surface area contributed by atoms with Gasteiger partial charge in [-0.1, -0.05) is 0 Å². The molecule has 2 aromatic heterocycles. The largest absolute Gasteiger partial charge is 0.371 e. The number of nitrogens with zero attached hydrogens (tertiary/aromatic N) is 2. The molecular weight excluding hydrogens is 316 g/mol. The first-order chi connectivity index (χ1) is 12.2. The summed E-state index contributed by atoms with van der Waals surface area (Å²) in [4.78, 5) is 15.9. The molecule has 0 spiro atoms. The van der Waals surface area contributed by atoms with Crippen molar-refractivity contribution in [3.8, 4) is 0 Å². The lowest BCUT2D eigenvalue weighted by Crippen LogP contribution is -2.42. The predicted molar refractivity (Wildman–Crippen MR) is 95.4 cm³/mol. The molecule has 6 nitrogen and oxygen atoms in total. The number of rotatable bonds is 4. The van der Waals surface area contributed by atoms with Crippen LogP contribution in [0.3, 0.4) is 0 Å². The summed E-state index contributed by atoms with van der Waals surface area (Å²) in [7, 11) is 0. The zero-order valence-electron chi connectivity index (χ0n) is 14.2. The van der Waals surface area contributed by atoms with Crippen molar-refractivity contribution >= 4 is 16.8 Å². The van der Waals surface area contributed by atoms with Gasteiger partial charge >= 0.3 is 0 Å². The van der Waals surface area contributed by atoms with Crippen molar-refractivity contribution in [1.82, 2.24) is 20.1 Å². The number of carbonyl (C=O) groups excluding carboxylic acids is 1. The molecule has 2 atom stereocenters. The zero-order chi connectivity index (χ0) is 17.2. The minimum atomic E-state index is -0.144. The van der Waals surface area contributed by atoms with Gasteiger partial charge in [-0.3, -0.25) is 9.48 Å². The number of fused-ring (bicyclic) bond motifs is 1. The lowest BCUT2D eigenvalue weighted by molar-refractivity contribution is -0.00950. The number of amides is 1. The number of nitrogens with one attached hydrogen (secondary N) is 2. The summed E-state index contributed by atoms with van der Waals surface area (Å²) in [5, 5.41) is 8.52. The van der Waals surface area contributed by atoms with Crippen LogP contribution in [0.5, 0.6) is 0 Å². The van der Waals surface area contributed by atoms with Crippen molar-refractivity contribution in [3.05, 3.63) is 54.0 Å². The van der Waals surface area contributed by atoms with Crippen molar-refractivity contribution in [3.63, 3.8) is 0 Å². The highest BCUT2D eigenvalue weighted by Crippen LogP contribution is 2.28. The number of H-pyrrole nitrogens is 1. The molecule has 3 heterocycles. The van der Waals surface area contributed by atoms with Crippen molar-refractivity contribution < 1.29 is 9.53 Å². The Morgan fingerprint density at radius 3 is 3.20 bits per heavy atom. The van der Waals surface area contributed by atoms with E-state index in [1.807, 2.05) is 47.5 Å². The van der Waals surface area contributed by atoms with Gasteiger partial charge in [-0.15, -0.1) is 0 Å². The number of ether oxygens (including phenoxy) is 1. The summed E-state index contributed by atoms with van der Waals surface area (Å²) >= 11 is 0. The molecule has 0 aliphatic carbocycles. The van der Waals surface area contributed by atoms with E-state index < -0.39 is 0 Å². The highest BCUT2D eigenvalue weighted by Gasteiger charge is 2.30. The van der Waals surface area contributed by atoms with Gasteiger partial charge in [-0.25, -0.2) is 0 Å². The zero-order valence-corrected chi connectivity index (χ0v) is 14.2.